The van der Waals surface area contributed by atoms with Crippen molar-refractivity contribution in [3.05, 3.63) is 53.1 Å². The summed E-state index contributed by atoms with van der Waals surface area (Å²) in [6, 6.07) is 11.7. The number of carbonyl (C=O) groups excluding carboxylic acids is 1. The number of sulfonamides is 1. The molecule has 2 aromatic carbocycles. The van der Waals surface area contributed by atoms with Crippen molar-refractivity contribution in [3.63, 3.8) is 0 Å². The van der Waals surface area contributed by atoms with Crippen LogP contribution in [0.2, 0.25) is 5.02 Å². The highest BCUT2D eigenvalue weighted by Gasteiger charge is 2.29. The summed E-state index contributed by atoms with van der Waals surface area (Å²) >= 11 is 6.00. The molecule has 1 N–H and O–H groups in total. The number of amides is 1. The molecule has 150 valence electrons. The summed E-state index contributed by atoms with van der Waals surface area (Å²) in [6.45, 7) is 2.75. The first-order valence-corrected chi connectivity index (χ1v) is 10.5. The van der Waals surface area contributed by atoms with Gasteiger partial charge in [0.2, 0.25) is 10.0 Å². The molecule has 0 atom stereocenters. The zero-order valence-electron chi connectivity index (χ0n) is 15.4. The van der Waals surface area contributed by atoms with Crippen molar-refractivity contribution < 1.29 is 22.7 Å². The standard InChI is InChI=1S/C19H21ClN2O5S/c1-14-3-2-4-16(11-14)21-19(23)13-27-17-6-5-15(20)12-18(17)28(24,25)22-7-9-26-10-8-22/h2-6,11-12H,7-10,13H2,1H3,(H,21,23). The minimum Gasteiger partial charge on any atom is -0.482 e. The molecule has 1 heterocycles. The second-order valence-corrected chi connectivity index (χ2v) is 8.66. The van der Waals surface area contributed by atoms with Gasteiger partial charge in [-0.3, -0.25) is 4.79 Å². The molecule has 1 fully saturated rings. The molecule has 9 heteroatoms. The SMILES string of the molecule is Cc1cccc(NC(=O)COc2ccc(Cl)cc2S(=O)(=O)N2CCOCC2)c1. The van der Waals surface area contributed by atoms with E-state index in [0.29, 0.717) is 18.9 Å². The normalized spacial score (nSPS) is 15.2. The van der Waals surface area contributed by atoms with Gasteiger partial charge in [-0.1, -0.05) is 23.7 Å². The van der Waals surface area contributed by atoms with Gasteiger partial charge >= 0.3 is 0 Å². The molecule has 1 aliphatic rings. The third-order valence-electron chi connectivity index (χ3n) is 4.15. The summed E-state index contributed by atoms with van der Waals surface area (Å²) in [7, 11) is -3.82. The van der Waals surface area contributed by atoms with E-state index in [-0.39, 0.29) is 35.4 Å². The number of ether oxygens (including phenoxy) is 2. The molecule has 0 aliphatic carbocycles. The van der Waals surface area contributed by atoms with Crippen molar-refractivity contribution in [2.24, 2.45) is 0 Å². The van der Waals surface area contributed by atoms with Gasteiger partial charge in [0.1, 0.15) is 10.6 Å². The molecule has 0 aromatic heterocycles. The molecule has 28 heavy (non-hydrogen) atoms. The highest BCUT2D eigenvalue weighted by Crippen LogP contribution is 2.30. The van der Waals surface area contributed by atoms with E-state index in [4.69, 9.17) is 21.1 Å². The average molecular weight is 425 g/mol. The smallest absolute Gasteiger partial charge is 0.262 e. The van der Waals surface area contributed by atoms with Crippen LogP contribution in [0.25, 0.3) is 0 Å². The van der Waals surface area contributed by atoms with E-state index in [1.54, 1.807) is 6.07 Å². The Morgan fingerprint density at radius 1 is 1.21 bits per heavy atom. The van der Waals surface area contributed by atoms with Crippen molar-refractivity contribution in [1.82, 2.24) is 4.31 Å². The highest BCUT2D eigenvalue weighted by atomic mass is 35.5. The molecule has 7 nitrogen and oxygen atoms in total. The number of nitrogens with one attached hydrogen (secondary N) is 1. The Hall–Kier alpha value is -2.13. The molecule has 0 unspecified atom stereocenters. The fraction of sp³-hybridized carbons (Fsp3) is 0.316. The minimum atomic E-state index is -3.82. The van der Waals surface area contributed by atoms with Crippen LogP contribution in [-0.2, 0) is 19.6 Å². The molecule has 1 aliphatic heterocycles. The Kier molecular flexibility index (Phi) is 6.56. The van der Waals surface area contributed by atoms with E-state index in [9.17, 15) is 13.2 Å². The number of hydrogen-bond acceptors (Lipinski definition) is 5. The first-order valence-electron chi connectivity index (χ1n) is 8.73. The fourth-order valence-electron chi connectivity index (χ4n) is 2.79. The van der Waals surface area contributed by atoms with Gasteiger partial charge in [0.15, 0.2) is 6.61 Å². The summed E-state index contributed by atoms with van der Waals surface area (Å²) in [4.78, 5) is 12.1. The molecule has 3 rings (SSSR count). The Balaban J connectivity index is 1.74. The van der Waals surface area contributed by atoms with E-state index < -0.39 is 15.9 Å². The average Bonchev–Trinajstić information content (AvgIpc) is 2.67. The Bertz CT molecular complexity index is 959. The van der Waals surface area contributed by atoms with Crippen LogP contribution >= 0.6 is 11.6 Å². The lowest BCUT2D eigenvalue weighted by Crippen LogP contribution is -2.40. The minimum absolute atomic E-state index is 0.0646. The molecule has 1 saturated heterocycles. The van der Waals surface area contributed by atoms with Crippen LogP contribution in [0.5, 0.6) is 5.75 Å². The van der Waals surface area contributed by atoms with Crippen LogP contribution in [0.3, 0.4) is 0 Å². The van der Waals surface area contributed by atoms with Crippen molar-refractivity contribution in [2.75, 3.05) is 38.2 Å². The second-order valence-electron chi connectivity index (χ2n) is 6.31. The Morgan fingerprint density at radius 3 is 2.68 bits per heavy atom. The van der Waals surface area contributed by atoms with E-state index in [2.05, 4.69) is 5.32 Å². The molecule has 0 spiro atoms. The maximum absolute atomic E-state index is 13.0. The third-order valence-corrected chi connectivity index (χ3v) is 6.31. The largest absolute Gasteiger partial charge is 0.482 e. The van der Waals surface area contributed by atoms with Gasteiger partial charge < -0.3 is 14.8 Å². The van der Waals surface area contributed by atoms with Gasteiger partial charge in [0.25, 0.3) is 5.91 Å². The Morgan fingerprint density at radius 2 is 1.96 bits per heavy atom. The number of halogens is 1. The quantitative estimate of drug-likeness (QED) is 0.770. The second kappa shape index (κ2) is 8.91. The summed E-state index contributed by atoms with van der Waals surface area (Å²) in [5.74, 6) is -0.314. The monoisotopic (exact) mass is 424 g/mol. The first kappa shape index (κ1) is 20.6. The summed E-state index contributed by atoms with van der Waals surface area (Å²) in [5, 5.41) is 2.99. The van der Waals surface area contributed by atoms with Crippen LogP contribution in [0.1, 0.15) is 5.56 Å². The lowest BCUT2D eigenvalue weighted by Gasteiger charge is -2.26. The van der Waals surface area contributed by atoms with Gasteiger partial charge in [-0.15, -0.1) is 0 Å². The summed E-state index contributed by atoms with van der Waals surface area (Å²) < 4.78 is 38.0. The van der Waals surface area contributed by atoms with Crippen LogP contribution in [0.4, 0.5) is 5.69 Å². The fourth-order valence-corrected chi connectivity index (χ4v) is 4.59. The predicted octanol–water partition coefficient (Wildman–Crippen LogP) is 2.69. The molecule has 0 radical (unpaired) electrons. The van der Waals surface area contributed by atoms with E-state index in [1.165, 1.54) is 22.5 Å². The predicted molar refractivity (Wildman–Crippen MR) is 106 cm³/mol. The van der Waals surface area contributed by atoms with E-state index >= 15 is 0 Å². The zero-order valence-corrected chi connectivity index (χ0v) is 16.9. The van der Waals surface area contributed by atoms with Gasteiger partial charge in [-0.05, 0) is 42.8 Å². The van der Waals surface area contributed by atoms with Crippen LogP contribution < -0.4 is 10.1 Å². The number of anilines is 1. The summed E-state index contributed by atoms with van der Waals surface area (Å²) in [6.07, 6.45) is 0. The van der Waals surface area contributed by atoms with Gasteiger partial charge in [-0.25, -0.2) is 8.42 Å². The topological polar surface area (TPSA) is 84.9 Å². The lowest BCUT2D eigenvalue weighted by molar-refractivity contribution is -0.118. The first-order chi connectivity index (χ1) is 13.4. The molecular weight excluding hydrogens is 404 g/mol. The number of carbonyl (C=O) groups is 1. The van der Waals surface area contributed by atoms with Crippen molar-refractivity contribution in [3.8, 4) is 5.75 Å². The Labute approximate surface area is 169 Å². The zero-order chi connectivity index (χ0) is 20.1. The van der Waals surface area contributed by atoms with Gasteiger partial charge in [0, 0.05) is 23.8 Å². The maximum atomic E-state index is 13.0. The maximum Gasteiger partial charge on any atom is 0.262 e. The van der Waals surface area contributed by atoms with Gasteiger partial charge in [-0.2, -0.15) is 4.31 Å². The number of aryl methyl sites for hydroxylation is 1. The van der Waals surface area contributed by atoms with Gasteiger partial charge in [0.05, 0.1) is 13.2 Å². The van der Waals surface area contributed by atoms with Crippen molar-refractivity contribution in [1.29, 1.82) is 0 Å². The molecule has 0 bridgehead atoms. The van der Waals surface area contributed by atoms with E-state index in [0.717, 1.165) is 5.56 Å². The van der Waals surface area contributed by atoms with Crippen molar-refractivity contribution >= 4 is 33.2 Å². The molecular formula is C19H21ClN2O5S. The third kappa shape index (κ3) is 5.02. The molecule has 0 saturated carbocycles. The number of nitrogens with zero attached hydrogens (tertiary/aromatic N) is 1. The lowest BCUT2D eigenvalue weighted by atomic mass is 10.2. The molecule has 2 aromatic rings. The van der Waals surface area contributed by atoms with Crippen LogP contribution in [-0.4, -0.2) is 51.5 Å². The number of benzene rings is 2. The molecule has 1 amide bonds. The van der Waals surface area contributed by atoms with Crippen LogP contribution in [0.15, 0.2) is 47.4 Å². The number of rotatable bonds is 6. The van der Waals surface area contributed by atoms with Crippen LogP contribution in [0, 0.1) is 6.92 Å². The number of morpholine rings is 1. The summed E-state index contributed by atoms with van der Waals surface area (Å²) in [5.41, 5.74) is 1.65. The number of hydrogen-bond donors (Lipinski definition) is 1. The van der Waals surface area contributed by atoms with Crippen molar-refractivity contribution in [2.45, 2.75) is 11.8 Å². The highest BCUT2D eigenvalue weighted by molar-refractivity contribution is 7.89. The van der Waals surface area contributed by atoms with E-state index in [1.807, 2.05) is 25.1 Å².